The number of carbonyl (C=O) groups excluding carboxylic acids is 3. The molecule has 3 aliphatic rings. The molecule has 2 aromatic carbocycles. The zero-order chi connectivity index (χ0) is 27.9. The van der Waals surface area contributed by atoms with Gasteiger partial charge in [-0.2, -0.15) is 0 Å². The summed E-state index contributed by atoms with van der Waals surface area (Å²) in [4.78, 5) is 41.5. The van der Waals surface area contributed by atoms with Crippen LogP contribution < -0.4 is 10.1 Å². The SMILES string of the molecule is COCCOCC1CCN(Cc2ccc(COc3cccc4c3CN(C3[Si]CCC(=O)NC3=O)C4=O)cc2)CC1. The number of benzene rings is 2. The van der Waals surface area contributed by atoms with Gasteiger partial charge in [0.25, 0.3) is 5.91 Å². The first-order chi connectivity index (χ1) is 19.5. The van der Waals surface area contributed by atoms with Crippen molar-refractivity contribution >= 4 is 27.2 Å². The third-order valence-electron chi connectivity index (χ3n) is 7.78. The van der Waals surface area contributed by atoms with Gasteiger partial charge in [-0.15, -0.1) is 0 Å². The minimum Gasteiger partial charge on any atom is -0.489 e. The van der Waals surface area contributed by atoms with E-state index in [1.165, 1.54) is 5.56 Å². The lowest BCUT2D eigenvalue weighted by Gasteiger charge is -2.31. The summed E-state index contributed by atoms with van der Waals surface area (Å²) in [5.74, 6) is 0.432. The molecule has 3 heterocycles. The standard InChI is InChI=1S/C30H37N3O6Si/c1-37-14-15-38-19-23-9-12-32(13-10-23)17-21-5-7-22(8-6-21)20-39-26-4-2-3-24-25(26)18-33(29(24)36)30-28(35)31-27(34)11-16-40-30/h2-8,23,30H,9-20H2,1H3,(H,31,34,35). The molecular formula is C30H37N3O6Si. The fourth-order valence-corrected chi connectivity index (χ4v) is 6.80. The van der Waals surface area contributed by atoms with Gasteiger partial charge in [-0.05, 0) is 61.2 Å². The van der Waals surface area contributed by atoms with Crippen molar-refractivity contribution in [2.75, 3.05) is 40.0 Å². The molecule has 2 aromatic rings. The number of hydrogen-bond donors (Lipinski definition) is 1. The highest BCUT2D eigenvalue weighted by atomic mass is 28.2. The minimum absolute atomic E-state index is 0.186. The number of methoxy groups -OCH3 is 1. The van der Waals surface area contributed by atoms with E-state index in [1.807, 2.05) is 12.1 Å². The predicted octanol–water partition coefficient (Wildman–Crippen LogP) is 2.59. The zero-order valence-corrected chi connectivity index (χ0v) is 24.0. The molecule has 0 spiro atoms. The summed E-state index contributed by atoms with van der Waals surface area (Å²) in [6, 6.07) is 14.6. The maximum absolute atomic E-state index is 13.1. The smallest absolute Gasteiger partial charge is 0.255 e. The van der Waals surface area contributed by atoms with E-state index in [0.717, 1.165) is 50.2 Å². The number of nitrogens with one attached hydrogen (secondary N) is 1. The molecule has 0 aliphatic carbocycles. The highest BCUT2D eigenvalue weighted by molar-refractivity contribution is 6.46. The zero-order valence-electron chi connectivity index (χ0n) is 23.0. The summed E-state index contributed by atoms with van der Waals surface area (Å²) < 4.78 is 16.9. The van der Waals surface area contributed by atoms with E-state index >= 15 is 0 Å². The number of carbonyl (C=O) groups is 3. The molecule has 0 saturated carbocycles. The molecule has 40 heavy (non-hydrogen) atoms. The second-order valence-electron chi connectivity index (χ2n) is 10.6. The maximum atomic E-state index is 13.1. The van der Waals surface area contributed by atoms with Gasteiger partial charge < -0.3 is 19.1 Å². The number of fused-ring (bicyclic) bond motifs is 1. The minimum atomic E-state index is -0.619. The molecule has 0 aromatic heterocycles. The Bertz CT molecular complexity index is 1200. The van der Waals surface area contributed by atoms with Crippen LogP contribution in [0.3, 0.4) is 0 Å². The van der Waals surface area contributed by atoms with Crippen molar-refractivity contribution in [3.63, 3.8) is 0 Å². The van der Waals surface area contributed by atoms with Gasteiger partial charge >= 0.3 is 0 Å². The molecule has 2 radical (unpaired) electrons. The molecule has 1 N–H and O–H groups in total. The molecule has 10 heteroatoms. The van der Waals surface area contributed by atoms with Crippen molar-refractivity contribution in [2.24, 2.45) is 5.92 Å². The van der Waals surface area contributed by atoms with E-state index in [4.69, 9.17) is 14.2 Å². The van der Waals surface area contributed by atoms with Crippen molar-refractivity contribution in [2.45, 2.75) is 50.7 Å². The number of rotatable bonds is 11. The Kier molecular flexibility index (Phi) is 9.64. The van der Waals surface area contributed by atoms with E-state index in [2.05, 4.69) is 34.5 Å². The molecule has 5 rings (SSSR count). The van der Waals surface area contributed by atoms with Crippen LogP contribution in [-0.4, -0.2) is 82.7 Å². The Hall–Kier alpha value is -3.05. The molecule has 212 valence electrons. The van der Waals surface area contributed by atoms with Gasteiger partial charge in [-0.1, -0.05) is 30.3 Å². The second kappa shape index (κ2) is 13.5. The van der Waals surface area contributed by atoms with Crippen LogP contribution in [0.2, 0.25) is 6.04 Å². The van der Waals surface area contributed by atoms with Crippen molar-refractivity contribution in [1.29, 1.82) is 0 Å². The lowest BCUT2D eigenvalue weighted by molar-refractivity contribution is -0.131. The lowest BCUT2D eigenvalue weighted by atomic mass is 9.97. The predicted molar refractivity (Wildman–Crippen MR) is 150 cm³/mol. The average Bonchev–Trinajstić information content (AvgIpc) is 3.20. The number of nitrogens with zero attached hydrogens (tertiary/aromatic N) is 2. The van der Waals surface area contributed by atoms with Crippen LogP contribution in [0.25, 0.3) is 0 Å². The third-order valence-corrected chi connectivity index (χ3v) is 9.28. The summed E-state index contributed by atoms with van der Waals surface area (Å²) in [6.07, 6.45) is 2.63. The third kappa shape index (κ3) is 6.98. The van der Waals surface area contributed by atoms with Gasteiger partial charge in [0.15, 0.2) is 0 Å². The highest BCUT2D eigenvalue weighted by Crippen LogP contribution is 2.33. The summed E-state index contributed by atoms with van der Waals surface area (Å²) >= 11 is 0. The van der Waals surface area contributed by atoms with Crippen molar-refractivity contribution in [3.8, 4) is 5.75 Å². The van der Waals surface area contributed by atoms with Crippen molar-refractivity contribution in [1.82, 2.24) is 15.1 Å². The van der Waals surface area contributed by atoms with Gasteiger partial charge in [-0.25, -0.2) is 0 Å². The van der Waals surface area contributed by atoms with Crippen LogP contribution in [0.5, 0.6) is 5.75 Å². The Morgan fingerprint density at radius 1 is 1.00 bits per heavy atom. The van der Waals surface area contributed by atoms with Crippen LogP contribution in [0.4, 0.5) is 0 Å². The van der Waals surface area contributed by atoms with Crippen LogP contribution in [0.15, 0.2) is 42.5 Å². The number of hydrogen-bond acceptors (Lipinski definition) is 7. The number of likely N-dealkylation sites (tertiary alicyclic amines) is 1. The van der Waals surface area contributed by atoms with Gasteiger partial charge in [-0.3, -0.25) is 24.6 Å². The monoisotopic (exact) mass is 563 g/mol. The van der Waals surface area contributed by atoms with Gasteiger partial charge in [0.05, 0.1) is 34.9 Å². The topological polar surface area (TPSA) is 97.4 Å². The summed E-state index contributed by atoms with van der Waals surface area (Å²) in [6.45, 7) is 5.92. The Balaban J connectivity index is 1.12. The summed E-state index contributed by atoms with van der Waals surface area (Å²) in [5.41, 5.74) is 3.07. The normalized spacial score (nSPS) is 20.4. The fourth-order valence-electron chi connectivity index (χ4n) is 5.47. The van der Waals surface area contributed by atoms with E-state index in [0.29, 0.717) is 56.1 Å². The summed E-state index contributed by atoms with van der Waals surface area (Å²) in [5, 5.41) is 2.41. The Labute approximate surface area is 238 Å². The molecule has 0 bridgehead atoms. The van der Waals surface area contributed by atoms with Crippen LogP contribution in [0.1, 0.15) is 46.3 Å². The van der Waals surface area contributed by atoms with E-state index < -0.39 is 5.67 Å². The molecule has 1 atom stereocenters. The lowest BCUT2D eigenvalue weighted by Crippen LogP contribution is -2.49. The maximum Gasteiger partial charge on any atom is 0.255 e. The molecule has 9 nitrogen and oxygen atoms in total. The van der Waals surface area contributed by atoms with E-state index in [1.54, 1.807) is 18.1 Å². The van der Waals surface area contributed by atoms with Crippen molar-refractivity contribution < 1.29 is 28.6 Å². The van der Waals surface area contributed by atoms with Crippen LogP contribution in [0, 0.1) is 5.92 Å². The Morgan fingerprint density at radius 2 is 1.77 bits per heavy atom. The second-order valence-corrected chi connectivity index (χ2v) is 12.1. The number of piperidine rings is 1. The molecule has 2 fully saturated rings. The van der Waals surface area contributed by atoms with E-state index in [9.17, 15) is 14.4 Å². The average molecular weight is 564 g/mol. The Morgan fingerprint density at radius 3 is 2.55 bits per heavy atom. The van der Waals surface area contributed by atoms with Gasteiger partial charge in [0.2, 0.25) is 11.8 Å². The van der Waals surface area contributed by atoms with E-state index in [-0.39, 0.29) is 27.2 Å². The fraction of sp³-hybridized carbons (Fsp3) is 0.500. The molecule has 1 unspecified atom stereocenters. The number of ether oxygens (including phenoxy) is 3. The quantitative estimate of drug-likeness (QED) is 0.255. The van der Waals surface area contributed by atoms with Crippen LogP contribution >= 0.6 is 0 Å². The van der Waals surface area contributed by atoms with Crippen LogP contribution in [-0.2, 0) is 38.8 Å². The van der Waals surface area contributed by atoms with Crippen molar-refractivity contribution in [3.05, 3.63) is 64.7 Å². The van der Waals surface area contributed by atoms with Gasteiger partial charge in [0, 0.05) is 37.8 Å². The van der Waals surface area contributed by atoms with Gasteiger partial charge in [0.1, 0.15) is 12.4 Å². The highest BCUT2D eigenvalue weighted by Gasteiger charge is 2.39. The first-order valence-electron chi connectivity index (χ1n) is 14.0. The molecular weight excluding hydrogens is 526 g/mol. The summed E-state index contributed by atoms with van der Waals surface area (Å²) in [7, 11) is 1.89. The molecule has 3 aliphatic heterocycles. The number of imide groups is 1. The molecule has 2 saturated heterocycles. The first-order valence-corrected chi connectivity index (χ1v) is 15.3. The first kappa shape index (κ1) is 28.5. The molecule has 3 amide bonds. The number of amides is 3. The largest absolute Gasteiger partial charge is 0.489 e.